The first-order chi connectivity index (χ1) is 13.7. The van der Waals surface area contributed by atoms with Crippen molar-refractivity contribution in [2.45, 2.75) is 32.6 Å². The molecule has 0 atom stereocenters. The van der Waals surface area contributed by atoms with Crippen molar-refractivity contribution in [2.24, 2.45) is 12.8 Å². The number of benzene rings is 1. The van der Waals surface area contributed by atoms with E-state index in [-0.39, 0.29) is 11.2 Å². The van der Waals surface area contributed by atoms with Crippen LogP contribution in [0.15, 0.2) is 36.7 Å². The Morgan fingerprint density at radius 3 is 2.45 bits per heavy atom. The van der Waals surface area contributed by atoms with Crippen LogP contribution in [0, 0.1) is 11.3 Å². The Morgan fingerprint density at radius 1 is 1.21 bits per heavy atom. The van der Waals surface area contributed by atoms with Gasteiger partial charge in [0.2, 0.25) is 5.78 Å². The summed E-state index contributed by atoms with van der Waals surface area (Å²) in [4.78, 5) is 22.2. The highest BCUT2D eigenvalue weighted by Gasteiger charge is 2.24. The Kier molecular flexibility index (Phi) is 5.57. The van der Waals surface area contributed by atoms with Crippen LogP contribution in [0.3, 0.4) is 0 Å². The van der Waals surface area contributed by atoms with Crippen molar-refractivity contribution in [2.75, 3.05) is 6.54 Å². The summed E-state index contributed by atoms with van der Waals surface area (Å²) >= 11 is 0. The lowest BCUT2D eigenvalue weighted by molar-refractivity contribution is 0.103. The van der Waals surface area contributed by atoms with Crippen LogP contribution in [0.4, 0.5) is 0 Å². The lowest BCUT2D eigenvalue weighted by atomic mass is 9.91. The smallest absolute Gasteiger partial charge is 0.211 e. The van der Waals surface area contributed by atoms with Crippen molar-refractivity contribution in [3.8, 4) is 17.5 Å². The van der Waals surface area contributed by atoms with Crippen LogP contribution in [0.5, 0.6) is 0 Å². The first-order valence-corrected chi connectivity index (χ1v) is 9.39. The standard InChI is InChI=1S/C22H24N6O/c1-22(2,3)19-10-18(28(4)27-19)20(29)17-9-14(11-24)5-6-16(17)21-25-12-15(7-8-23)13-26-21/h5-6,9-10,12-13H,7-8,23H2,1-4H3. The van der Waals surface area contributed by atoms with Gasteiger partial charge in [-0.05, 0) is 42.8 Å². The highest BCUT2D eigenvalue weighted by Crippen LogP contribution is 2.27. The molecule has 0 aliphatic carbocycles. The van der Waals surface area contributed by atoms with Gasteiger partial charge in [-0.15, -0.1) is 0 Å². The lowest BCUT2D eigenvalue weighted by Crippen LogP contribution is -2.12. The molecule has 0 aliphatic heterocycles. The van der Waals surface area contributed by atoms with Crippen LogP contribution in [-0.2, 0) is 18.9 Å². The van der Waals surface area contributed by atoms with Crippen molar-refractivity contribution in [1.82, 2.24) is 19.7 Å². The molecular weight excluding hydrogens is 364 g/mol. The molecule has 7 heteroatoms. The molecule has 0 saturated heterocycles. The van der Waals surface area contributed by atoms with Crippen LogP contribution in [-0.4, -0.2) is 32.1 Å². The van der Waals surface area contributed by atoms with Crippen molar-refractivity contribution in [1.29, 1.82) is 5.26 Å². The predicted octanol–water partition coefficient (Wildman–Crippen LogP) is 2.78. The minimum atomic E-state index is -0.225. The van der Waals surface area contributed by atoms with Gasteiger partial charge in [0.15, 0.2) is 5.82 Å². The van der Waals surface area contributed by atoms with Crippen molar-refractivity contribution in [3.05, 3.63) is 64.7 Å². The number of rotatable bonds is 5. The Bertz CT molecular complexity index is 1080. The van der Waals surface area contributed by atoms with Gasteiger partial charge >= 0.3 is 0 Å². The number of nitriles is 1. The summed E-state index contributed by atoms with van der Waals surface area (Å²) in [5.74, 6) is 0.203. The maximum Gasteiger partial charge on any atom is 0.211 e. The number of nitrogens with zero attached hydrogens (tertiary/aromatic N) is 5. The topological polar surface area (TPSA) is 110 Å². The molecule has 0 fully saturated rings. The lowest BCUT2D eigenvalue weighted by Gasteiger charge is -2.13. The average molecular weight is 388 g/mol. The summed E-state index contributed by atoms with van der Waals surface area (Å²) in [5, 5.41) is 13.8. The number of hydrogen-bond acceptors (Lipinski definition) is 6. The summed E-state index contributed by atoms with van der Waals surface area (Å²) in [5.41, 5.74) is 8.94. The number of ketones is 1. The molecule has 0 radical (unpaired) electrons. The second kappa shape index (κ2) is 7.94. The molecule has 29 heavy (non-hydrogen) atoms. The number of carbonyl (C=O) groups excluding carboxylic acids is 1. The molecule has 2 N–H and O–H groups in total. The normalized spacial score (nSPS) is 11.3. The Balaban J connectivity index is 2.10. The van der Waals surface area contributed by atoms with Gasteiger partial charge in [0.05, 0.1) is 17.3 Å². The number of nitrogens with two attached hydrogens (primary N) is 1. The van der Waals surface area contributed by atoms with Crippen LogP contribution in [0.1, 0.15) is 53.6 Å². The molecule has 0 amide bonds. The second-order valence-corrected chi connectivity index (χ2v) is 7.94. The number of carbonyl (C=O) groups is 1. The van der Waals surface area contributed by atoms with Crippen LogP contribution >= 0.6 is 0 Å². The molecule has 3 rings (SSSR count). The first-order valence-electron chi connectivity index (χ1n) is 9.39. The van der Waals surface area contributed by atoms with Crippen molar-refractivity contribution in [3.63, 3.8) is 0 Å². The van der Waals surface area contributed by atoms with E-state index in [0.29, 0.717) is 41.2 Å². The monoisotopic (exact) mass is 388 g/mol. The van der Waals surface area contributed by atoms with Gasteiger partial charge in [0, 0.05) is 36.0 Å². The summed E-state index contributed by atoms with van der Waals surface area (Å²) in [7, 11) is 1.74. The van der Waals surface area contributed by atoms with E-state index in [1.54, 1.807) is 48.4 Å². The fourth-order valence-electron chi connectivity index (χ4n) is 2.97. The first kappa shape index (κ1) is 20.4. The van der Waals surface area contributed by atoms with Gasteiger partial charge < -0.3 is 5.73 Å². The van der Waals surface area contributed by atoms with E-state index >= 15 is 0 Å². The largest absolute Gasteiger partial charge is 0.330 e. The van der Waals surface area contributed by atoms with Crippen LogP contribution in [0.25, 0.3) is 11.4 Å². The number of aromatic nitrogens is 4. The fourth-order valence-corrected chi connectivity index (χ4v) is 2.97. The minimum absolute atomic E-state index is 0.185. The molecule has 7 nitrogen and oxygen atoms in total. The zero-order valence-corrected chi connectivity index (χ0v) is 17.1. The third-order valence-electron chi connectivity index (χ3n) is 4.65. The quantitative estimate of drug-likeness (QED) is 0.673. The molecule has 0 unspecified atom stereocenters. The molecule has 1 aromatic carbocycles. The summed E-state index contributed by atoms with van der Waals surface area (Å²) < 4.78 is 1.58. The van der Waals surface area contributed by atoms with E-state index in [0.717, 1.165) is 11.3 Å². The molecule has 0 spiro atoms. The molecule has 0 saturated carbocycles. The molecular formula is C22H24N6O. The van der Waals surface area contributed by atoms with Gasteiger partial charge in [0.1, 0.15) is 5.69 Å². The van der Waals surface area contributed by atoms with Gasteiger partial charge in [-0.2, -0.15) is 10.4 Å². The zero-order valence-electron chi connectivity index (χ0n) is 17.1. The second-order valence-electron chi connectivity index (χ2n) is 7.94. The molecule has 2 heterocycles. The van der Waals surface area contributed by atoms with Gasteiger partial charge in [-0.25, -0.2) is 9.97 Å². The van der Waals surface area contributed by atoms with Gasteiger partial charge in [-0.3, -0.25) is 9.48 Å². The Hall–Kier alpha value is -3.37. The van der Waals surface area contributed by atoms with Crippen LogP contribution in [0.2, 0.25) is 0 Å². The third-order valence-corrected chi connectivity index (χ3v) is 4.65. The average Bonchev–Trinajstić information content (AvgIpc) is 3.10. The van der Waals surface area contributed by atoms with Crippen molar-refractivity contribution >= 4 is 5.78 Å². The highest BCUT2D eigenvalue weighted by molar-refractivity contribution is 6.11. The van der Waals surface area contributed by atoms with E-state index in [1.807, 2.05) is 20.8 Å². The number of aryl methyl sites for hydroxylation is 1. The fraction of sp³-hybridized carbons (Fsp3) is 0.318. The summed E-state index contributed by atoms with van der Waals surface area (Å²) in [6, 6.07) is 8.85. The maximum absolute atomic E-state index is 13.4. The molecule has 3 aromatic rings. The summed E-state index contributed by atoms with van der Waals surface area (Å²) in [6.45, 7) is 6.64. The minimum Gasteiger partial charge on any atom is -0.330 e. The SMILES string of the molecule is Cn1nc(C(C)(C)C)cc1C(=O)c1cc(C#N)ccc1-c1ncc(CCN)cn1. The van der Waals surface area contributed by atoms with Gasteiger partial charge in [0.25, 0.3) is 0 Å². The Morgan fingerprint density at radius 2 is 1.90 bits per heavy atom. The number of hydrogen-bond donors (Lipinski definition) is 1. The van der Waals surface area contributed by atoms with Crippen LogP contribution < -0.4 is 5.73 Å². The highest BCUT2D eigenvalue weighted by atomic mass is 16.1. The van der Waals surface area contributed by atoms with E-state index in [9.17, 15) is 10.1 Å². The summed E-state index contributed by atoms with van der Waals surface area (Å²) in [6.07, 6.45) is 4.11. The third kappa shape index (κ3) is 4.23. The molecule has 0 aliphatic rings. The van der Waals surface area contributed by atoms with Crippen molar-refractivity contribution < 1.29 is 4.79 Å². The van der Waals surface area contributed by atoms with E-state index in [4.69, 9.17) is 5.73 Å². The molecule has 148 valence electrons. The van der Waals surface area contributed by atoms with E-state index in [1.165, 1.54) is 0 Å². The van der Waals surface area contributed by atoms with E-state index in [2.05, 4.69) is 21.1 Å². The van der Waals surface area contributed by atoms with Gasteiger partial charge in [-0.1, -0.05) is 20.8 Å². The predicted molar refractivity (Wildman–Crippen MR) is 110 cm³/mol. The molecule has 2 aromatic heterocycles. The van der Waals surface area contributed by atoms with E-state index < -0.39 is 0 Å². The molecule has 0 bridgehead atoms. The zero-order chi connectivity index (χ0) is 21.2. The Labute approximate surface area is 170 Å². The maximum atomic E-state index is 13.4.